The molecule has 13 heavy (non-hydrogen) atoms. The van der Waals surface area contributed by atoms with Crippen LogP contribution in [0.15, 0.2) is 29.2 Å². The minimum absolute atomic E-state index is 0.267. The van der Waals surface area contributed by atoms with E-state index in [0.29, 0.717) is 5.75 Å². The van der Waals surface area contributed by atoms with Gasteiger partial charge in [-0.3, -0.25) is 0 Å². The van der Waals surface area contributed by atoms with Gasteiger partial charge >= 0.3 is 0 Å². The lowest BCUT2D eigenvalue weighted by molar-refractivity contribution is 0.220. The van der Waals surface area contributed by atoms with E-state index in [-0.39, 0.29) is 6.10 Å². The van der Waals surface area contributed by atoms with Gasteiger partial charge in [0.1, 0.15) is 5.75 Å². The fourth-order valence-electron chi connectivity index (χ4n) is 0.908. The average molecular weight is 198 g/mol. The molecule has 0 aromatic heterocycles. The number of aliphatic hydroxyl groups excluding tert-OH is 1. The summed E-state index contributed by atoms with van der Waals surface area (Å²) in [6.45, 7) is 1.78. The van der Waals surface area contributed by atoms with Crippen LogP contribution in [-0.2, 0) is 0 Å². The average Bonchev–Trinajstić information content (AvgIpc) is 2.15. The zero-order chi connectivity index (χ0) is 9.68. The first-order valence-electron chi connectivity index (χ1n) is 4.17. The third kappa shape index (κ3) is 3.70. The first-order chi connectivity index (χ1) is 6.22. The third-order valence-corrected chi connectivity index (χ3v) is 2.77. The van der Waals surface area contributed by atoms with Gasteiger partial charge in [-0.15, -0.1) is 11.8 Å². The number of methoxy groups -OCH3 is 1. The molecule has 72 valence electrons. The Hall–Kier alpha value is -0.670. The smallest absolute Gasteiger partial charge is 0.119 e. The summed E-state index contributed by atoms with van der Waals surface area (Å²) in [4.78, 5) is 1.13. The zero-order valence-corrected chi connectivity index (χ0v) is 8.67. The standard InChI is InChI=1S/C10H14O2S/c1-8(11)7-13-10-5-3-4-9(6-10)12-2/h3-6,8,11H,7H2,1-2H3/t8-/m0/s1. The van der Waals surface area contributed by atoms with Gasteiger partial charge in [-0.05, 0) is 25.1 Å². The maximum Gasteiger partial charge on any atom is 0.119 e. The van der Waals surface area contributed by atoms with Crippen molar-refractivity contribution in [2.45, 2.75) is 17.9 Å². The highest BCUT2D eigenvalue weighted by Gasteiger charge is 1.99. The molecule has 1 rings (SSSR count). The van der Waals surface area contributed by atoms with Crippen LogP contribution in [-0.4, -0.2) is 24.1 Å². The SMILES string of the molecule is COc1cccc(SC[C@H](C)O)c1. The topological polar surface area (TPSA) is 29.5 Å². The minimum Gasteiger partial charge on any atom is -0.497 e. The van der Waals surface area contributed by atoms with E-state index in [0.717, 1.165) is 10.6 Å². The van der Waals surface area contributed by atoms with Crippen molar-refractivity contribution in [3.63, 3.8) is 0 Å². The van der Waals surface area contributed by atoms with Crippen molar-refractivity contribution < 1.29 is 9.84 Å². The predicted octanol–water partition coefficient (Wildman–Crippen LogP) is 2.17. The number of thioether (sulfide) groups is 1. The van der Waals surface area contributed by atoms with Crippen LogP contribution in [0, 0.1) is 0 Å². The molecule has 0 heterocycles. The molecule has 1 aromatic rings. The second-order valence-electron chi connectivity index (χ2n) is 2.84. The summed E-state index contributed by atoms with van der Waals surface area (Å²) in [5.74, 6) is 1.57. The highest BCUT2D eigenvalue weighted by atomic mass is 32.2. The molecular weight excluding hydrogens is 184 g/mol. The Morgan fingerprint density at radius 2 is 2.31 bits per heavy atom. The van der Waals surface area contributed by atoms with Crippen LogP contribution in [0.5, 0.6) is 5.75 Å². The first kappa shape index (κ1) is 10.4. The van der Waals surface area contributed by atoms with Gasteiger partial charge in [0.15, 0.2) is 0 Å². The van der Waals surface area contributed by atoms with Crippen molar-refractivity contribution in [2.24, 2.45) is 0 Å². The Bertz CT molecular complexity index is 261. The Kier molecular flexibility index (Phi) is 4.12. The van der Waals surface area contributed by atoms with Crippen molar-refractivity contribution >= 4 is 11.8 Å². The molecule has 0 unspecified atom stereocenters. The lowest BCUT2D eigenvalue weighted by atomic mass is 10.3. The largest absolute Gasteiger partial charge is 0.497 e. The number of hydrogen-bond acceptors (Lipinski definition) is 3. The molecule has 1 atom stereocenters. The Balaban J connectivity index is 2.56. The number of benzene rings is 1. The van der Waals surface area contributed by atoms with Crippen LogP contribution in [0.3, 0.4) is 0 Å². The van der Waals surface area contributed by atoms with Crippen LogP contribution < -0.4 is 4.74 Å². The van der Waals surface area contributed by atoms with E-state index in [2.05, 4.69) is 0 Å². The van der Waals surface area contributed by atoms with Crippen molar-refractivity contribution in [1.82, 2.24) is 0 Å². The molecule has 0 saturated heterocycles. The molecule has 0 saturated carbocycles. The number of hydrogen-bond donors (Lipinski definition) is 1. The van der Waals surface area contributed by atoms with Gasteiger partial charge in [-0.2, -0.15) is 0 Å². The van der Waals surface area contributed by atoms with Crippen molar-refractivity contribution in [3.05, 3.63) is 24.3 Å². The van der Waals surface area contributed by atoms with Gasteiger partial charge in [0.25, 0.3) is 0 Å². The molecule has 3 heteroatoms. The number of aliphatic hydroxyl groups is 1. The molecular formula is C10H14O2S. The summed E-state index contributed by atoms with van der Waals surface area (Å²) in [6.07, 6.45) is -0.267. The summed E-state index contributed by atoms with van der Waals surface area (Å²) in [5.41, 5.74) is 0. The van der Waals surface area contributed by atoms with Gasteiger partial charge < -0.3 is 9.84 Å². The quantitative estimate of drug-likeness (QED) is 0.752. The van der Waals surface area contributed by atoms with Crippen LogP contribution in [0.1, 0.15) is 6.92 Å². The molecule has 0 aliphatic carbocycles. The second-order valence-corrected chi connectivity index (χ2v) is 3.93. The fourth-order valence-corrected chi connectivity index (χ4v) is 1.72. The first-order valence-corrected chi connectivity index (χ1v) is 5.16. The highest BCUT2D eigenvalue weighted by Crippen LogP contribution is 2.23. The predicted molar refractivity (Wildman–Crippen MR) is 55.4 cm³/mol. The number of rotatable bonds is 4. The number of ether oxygens (including phenoxy) is 1. The van der Waals surface area contributed by atoms with Gasteiger partial charge in [-0.1, -0.05) is 6.07 Å². The Labute approximate surface area is 82.9 Å². The van der Waals surface area contributed by atoms with E-state index in [9.17, 15) is 0 Å². The molecule has 0 aliphatic heterocycles. The summed E-state index contributed by atoms with van der Waals surface area (Å²) in [5, 5.41) is 9.09. The van der Waals surface area contributed by atoms with Gasteiger partial charge in [-0.25, -0.2) is 0 Å². The Morgan fingerprint density at radius 3 is 2.92 bits per heavy atom. The molecule has 0 bridgehead atoms. The van der Waals surface area contributed by atoms with Crippen LogP contribution in [0.2, 0.25) is 0 Å². The van der Waals surface area contributed by atoms with E-state index in [1.807, 2.05) is 24.3 Å². The molecule has 1 aromatic carbocycles. The normalized spacial score (nSPS) is 12.5. The maximum atomic E-state index is 9.09. The van der Waals surface area contributed by atoms with Gasteiger partial charge in [0, 0.05) is 10.6 Å². The zero-order valence-electron chi connectivity index (χ0n) is 7.86. The van der Waals surface area contributed by atoms with Crippen molar-refractivity contribution in [1.29, 1.82) is 0 Å². The fraction of sp³-hybridized carbons (Fsp3) is 0.400. The summed E-state index contributed by atoms with van der Waals surface area (Å²) in [6, 6.07) is 7.83. The summed E-state index contributed by atoms with van der Waals surface area (Å²) >= 11 is 1.63. The molecule has 0 radical (unpaired) electrons. The molecule has 0 spiro atoms. The van der Waals surface area contributed by atoms with Gasteiger partial charge in [0.2, 0.25) is 0 Å². The van der Waals surface area contributed by atoms with E-state index in [1.165, 1.54) is 0 Å². The molecule has 1 N–H and O–H groups in total. The molecule has 0 aliphatic rings. The summed E-state index contributed by atoms with van der Waals surface area (Å²) < 4.78 is 5.09. The third-order valence-electron chi connectivity index (χ3n) is 1.53. The van der Waals surface area contributed by atoms with Crippen molar-refractivity contribution in [3.8, 4) is 5.75 Å². The molecule has 2 nitrogen and oxygen atoms in total. The van der Waals surface area contributed by atoms with E-state index < -0.39 is 0 Å². The highest BCUT2D eigenvalue weighted by molar-refractivity contribution is 7.99. The van der Waals surface area contributed by atoms with Crippen LogP contribution in [0.25, 0.3) is 0 Å². The molecule has 0 fully saturated rings. The molecule has 0 amide bonds. The van der Waals surface area contributed by atoms with E-state index >= 15 is 0 Å². The second kappa shape index (κ2) is 5.14. The lowest BCUT2D eigenvalue weighted by Crippen LogP contribution is -2.02. The lowest BCUT2D eigenvalue weighted by Gasteiger charge is -2.05. The summed E-state index contributed by atoms with van der Waals surface area (Å²) in [7, 11) is 1.65. The Morgan fingerprint density at radius 1 is 1.54 bits per heavy atom. The van der Waals surface area contributed by atoms with Crippen LogP contribution in [0.4, 0.5) is 0 Å². The van der Waals surface area contributed by atoms with Gasteiger partial charge in [0.05, 0.1) is 13.2 Å². The minimum atomic E-state index is -0.267. The van der Waals surface area contributed by atoms with E-state index in [4.69, 9.17) is 9.84 Å². The van der Waals surface area contributed by atoms with Crippen LogP contribution >= 0.6 is 11.8 Å². The van der Waals surface area contributed by atoms with E-state index in [1.54, 1.807) is 25.8 Å². The maximum absolute atomic E-state index is 9.09. The monoisotopic (exact) mass is 198 g/mol. The van der Waals surface area contributed by atoms with Crippen molar-refractivity contribution in [2.75, 3.05) is 12.9 Å².